The summed E-state index contributed by atoms with van der Waals surface area (Å²) in [6.45, 7) is 3.57. The predicted molar refractivity (Wildman–Crippen MR) is 111 cm³/mol. The lowest BCUT2D eigenvalue weighted by atomic mass is 9.92. The molecule has 2 aromatic carbocycles. The number of anilines is 1. The van der Waals surface area contributed by atoms with Crippen LogP contribution in [0.2, 0.25) is 0 Å². The third kappa shape index (κ3) is 4.02. The van der Waals surface area contributed by atoms with Crippen molar-refractivity contribution >= 4 is 40.6 Å². The summed E-state index contributed by atoms with van der Waals surface area (Å²) in [7, 11) is 0. The van der Waals surface area contributed by atoms with E-state index >= 15 is 0 Å². The fraction of sp³-hybridized carbons (Fsp3) is 0.211. The molecule has 3 N–H and O–H groups in total. The molecule has 9 nitrogen and oxygen atoms in total. The van der Waals surface area contributed by atoms with Gasteiger partial charge in [-0.3, -0.25) is 20.3 Å². The number of hydrogen-bond donors (Lipinski definition) is 3. The summed E-state index contributed by atoms with van der Waals surface area (Å²) < 4.78 is 0. The second kappa shape index (κ2) is 7.84. The molecule has 1 aliphatic heterocycles. The van der Waals surface area contributed by atoms with Gasteiger partial charge in [0.1, 0.15) is 5.54 Å². The molecular weight excluding hydrogens is 394 g/mol. The van der Waals surface area contributed by atoms with Crippen molar-refractivity contribution in [3.63, 3.8) is 0 Å². The predicted octanol–water partition coefficient (Wildman–Crippen LogP) is 2.83. The molecule has 150 valence electrons. The van der Waals surface area contributed by atoms with Crippen LogP contribution in [0.1, 0.15) is 25.0 Å². The SMILES string of the molecule is CCc1ccc(NC(=S)NN2C(=O)N[C@](C)(c3ccc([N+](=O)[O-])cc3)C2=O)cc1. The molecule has 0 aromatic heterocycles. The number of imide groups is 1. The highest BCUT2D eigenvalue weighted by Crippen LogP contribution is 2.29. The third-order valence-corrected chi connectivity index (χ3v) is 4.87. The second-order valence-electron chi connectivity index (χ2n) is 6.62. The monoisotopic (exact) mass is 413 g/mol. The van der Waals surface area contributed by atoms with E-state index in [1.165, 1.54) is 36.8 Å². The van der Waals surface area contributed by atoms with E-state index < -0.39 is 22.4 Å². The van der Waals surface area contributed by atoms with E-state index in [0.29, 0.717) is 11.3 Å². The number of non-ortho nitro benzene ring substituents is 1. The molecule has 1 aliphatic rings. The number of rotatable bonds is 5. The highest BCUT2D eigenvalue weighted by molar-refractivity contribution is 7.80. The standard InChI is InChI=1S/C19H19N5O4S/c1-3-12-4-8-14(9-5-12)20-17(29)22-23-16(25)19(2,21-18(23)26)13-6-10-15(11-7-13)24(27)28/h4-11H,3H2,1-2H3,(H,21,26)(H2,20,22,29)/t19-/m1/s1. The van der Waals surface area contributed by atoms with Gasteiger partial charge >= 0.3 is 6.03 Å². The molecule has 1 fully saturated rings. The second-order valence-corrected chi connectivity index (χ2v) is 7.02. The molecular formula is C19H19N5O4S. The van der Waals surface area contributed by atoms with E-state index in [-0.39, 0.29) is 10.8 Å². The first-order chi connectivity index (χ1) is 13.7. The van der Waals surface area contributed by atoms with Crippen LogP contribution >= 0.6 is 12.2 Å². The van der Waals surface area contributed by atoms with Crippen LogP contribution in [0.4, 0.5) is 16.2 Å². The molecule has 3 rings (SSSR count). The van der Waals surface area contributed by atoms with Crippen LogP contribution in [-0.2, 0) is 16.8 Å². The number of nitro groups is 1. The molecule has 2 aromatic rings. The van der Waals surface area contributed by atoms with Crippen molar-refractivity contribution in [2.45, 2.75) is 25.8 Å². The van der Waals surface area contributed by atoms with Crippen molar-refractivity contribution in [3.8, 4) is 0 Å². The van der Waals surface area contributed by atoms with Gasteiger partial charge in [-0.15, -0.1) is 0 Å². The maximum absolute atomic E-state index is 12.9. The van der Waals surface area contributed by atoms with E-state index in [4.69, 9.17) is 12.2 Å². The first-order valence-corrected chi connectivity index (χ1v) is 9.23. The van der Waals surface area contributed by atoms with E-state index in [0.717, 1.165) is 11.4 Å². The first-order valence-electron chi connectivity index (χ1n) is 8.83. The van der Waals surface area contributed by atoms with E-state index in [1.807, 2.05) is 31.2 Å². The van der Waals surface area contributed by atoms with Gasteiger partial charge in [-0.25, -0.2) is 4.79 Å². The molecule has 1 atom stereocenters. The topological polar surface area (TPSA) is 117 Å². The van der Waals surface area contributed by atoms with Gasteiger partial charge in [-0.2, -0.15) is 5.01 Å². The fourth-order valence-electron chi connectivity index (χ4n) is 2.94. The van der Waals surface area contributed by atoms with E-state index in [9.17, 15) is 19.7 Å². The summed E-state index contributed by atoms with van der Waals surface area (Å²) >= 11 is 5.21. The minimum Gasteiger partial charge on any atom is -0.331 e. The lowest BCUT2D eigenvalue weighted by Crippen LogP contribution is -2.49. The van der Waals surface area contributed by atoms with Gasteiger partial charge in [0.2, 0.25) is 0 Å². The molecule has 1 saturated heterocycles. The number of nitro benzene ring substituents is 1. The smallest absolute Gasteiger partial charge is 0.331 e. The zero-order chi connectivity index (χ0) is 21.2. The third-order valence-electron chi connectivity index (χ3n) is 4.68. The van der Waals surface area contributed by atoms with Crippen molar-refractivity contribution < 1.29 is 14.5 Å². The Hall–Kier alpha value is -3.53. The molecule has 3 amide bonds. The lowest BCUT2D eigenvalue weighted by Gasteiger charge is -2.22. The lowest BCUT2D eigenvalue weighted by molar-refractivity contribution is -0.384. The summed E-state index contributed by atoms with van der Waals surface area (Å²) in [4.78, 5) is 35.5. The molecule has 10 heteroatoms. The summed E-state index contributed by atoms with van der Waals surface area (Å²) in [5.74, 6) is -0.582. The van der Waals surface area contributed by atoms with Gasteiger partial charge in [0, 0.05) is 17.8 Å². The fourth-order valence-corrected chi connectivity index (χ4v) is 3.15. The van der Waals surface area contributed by atoms with E-state index in [1.54, 1.807) is 0 Å². The van der Waals surface area contributed by atoms with Crippen molar-refractivity contribution in [3.05, 3.63) is 69.8 Å². The Kier molecular flexibility index (Phi) is 5.46. The normalized spacial score (nSPS) is 18.3. The number of nitrogens with zero attached hydrogens (tertiary/aromatic N) is 2. The number of carbonyl (C=O) groups excluding carboxylic acids is 2. The Labute approximate surface area is 172 Å². The van der Waals surface area contributed by atoms with Crippen molar-refractivity contribution in [2.24, 2.45) is 0 Å². The van der Waals surface area contributed by atoms with Gasteiger partial charge in [-0.1, -0.05) is 19.1 Å². The summed E-state index contributed by atoms with van der Waals surface area (Å²) in [5.41, 5.74) is 3.41. The van der Waals surface area contributed by atoms with Crippen LogP contribution in [0, 0.1) is 10.1 Å². The molecule has 0 saturated carbocycles. The number of urea groups is 1. The average Bonchev–Trinajstić information content (AvgIpc) is 2.92. The van der Waals surface area contributed by atoms with E-state index in [2.05, 4.69) is 16.1 Å². The van der Waals surface area contributed by atoms with Gasteiger partial charge in [0.25, 0.3) is 11.6 Å². The quantitative estimate of drug-likeness (QED) is 0.299. The van der Waals surface area contributed by atoms with Gasteiger partial charge in [0.15, 0.2) is 5.11 Å². The van der Waals surface area contributed by atoms with Crippen molar-refractivity contribution in [1.29, 1.82) is 0 Å². The van der Waals surface area contributed by atoms with Crippen molar-refractivity contribution in [1.82, 2.24) is 15.8 Å². The Balaban J connectivity index is 1.72. The highest BCUT2D eigenvalue weighted by atomic mass is 32.1. The van der Waals surface area contributed by atoms with Crippen LogP contribution in [0.25, 0.3) is 0 Å². The minimum absolute atomic E-state index is 0.0747. The number of carbonyl (C=O) groups is 2. The van der Waals surface area contributed by atoms with Crippen LogP contribution < -0.4 is 16.1 Å². The van der Waals surface area contributed by atoms with Crippen LogP contribution in [-0.4, -0.2) is 27.0 Å². The number of aryl methyl sites for hydroxylation is 1. The highest BCUT2D eigenvalue weighted by Gasteiger charge is 2.49. The van der Waals surface area contributed by atoms with Gasteiger partial charge in [0.05, 0.1) is 4.92 Å². The molecule has 0 unspecified atom stereocenters. The number of hydrogen-bond acceptors (Lipinski definition) is 5. The molecule has 1 heterocycles. The zero-order valence-electron chi connectivity index (χ0n) is 15.8. The van der Waals surface area contributed by atoms with Crippen molar-refractivity contribution in [2.75, 3.05) is 5.32 Å². The Bertz CT molecular complexity index is 977. The van der Waals surface area contributed by atoms with Gasteiger partial charge in [-0.05, 0) is 61.0 Å². The summed E-state index contributed by atoms with van der Waals surface area (Å²) in [5, 5.41) is 17.2. The minimum atomic E-state index is -1.38. The number of amides is 3. The Morgan fingerprint density at radius 2 is 1.79 bits per heavy atom. The molecule has 0 spiro atoms. The number of hydrazine groups is 1. The molecule has 0 aliphatic carbocycles. The maximum atomic E-state index is 12.9. The molecule has 0 radical (unpaired) electrons. The average molecular weight is 413 g/mol. The zero-order valence-corrected chi connectivity index (χ0v) is 16.6. The Morgan fingerprint density at radius 3 is 2.34 bits per heavy atom. The number of benzene rings is 2. The van der Waals surface area contributed by atoms with Crippen LogP contribution in [0.5, 0.6) is 0 Å². The van der Waals surface area contributed by atoms with Gasteiger partial charge < -0.3 is 10.6 Å². The Morgan fingerprint density at radius 1 is 1.17 bits per heavy atom. The first kappa shape index (κ1) is 20.2. The molecule has 0 bridgehead atoms. The maximum Gasteiger partial charge on any atom is 0.344 e. The number of nitrogens with one attached hydrogen (secondary N) is 3. The summed E-state index contributed by atoms with van der Waals surface area (Å²) in [6.07, 6.45) is 0.909. The van der Waals surface area contributed by atoms with Crippen LogP contribution in [0.15, 0.2) is 48.5 Å². The van der Waals surface area contributed by atoms with Crippen LogP contribution in [0.3, 0.4) is 0 Å². The molecule has 29 heavy (non-hydrogen) atoms. The summed E-state index contributed by atoms with van der Waals surface area (Å²) in [6, 6.07) is 12.3. The largest absolute Gasteiger partial charge is 0.344 e. The number of thiocarbonyl (C=S) groups is 1.